The summed E-state index contributed by atoms with van der Waals surface area (Å²) in [5.41, 5.74) is 0.577. The Hall–Kier alpha value is -2.14. The Morgan fingerprint density at radius 3 is 2.39 bits per heavy atom. The van der Waals surface area contributed by atoms with Crippen LogP contribution < -0.4 is 0 Å². The van der Waals surface area contributed by atoms with Crippen molar-refractivity contribution in [3.8, 4) is 0 Å². The van der Waals surface area contributed by atoms with E-state index in [9.17, 15) is 9.59 Å². The summed E-state index contributed by atoms with van der Waals surface area (Å²) in [6, 6.07) is 10.2. The molecule has 0 radical (unpaired) electrons. The highest BCUT2D eigenvalue weighted by Crippen LogP contribution is 2.37. The molecule has 5 heteroatoms. The van der Waals surface area contributed by atoms with Gasteiger partial charge in [0.05, 0.1) is 0 Å². The summed E-state index contributed by atoms with van der Waals surface area (Å²) in [6.45, 7) is 9.90. The van der Waals surface area contributed by atoms with Gasteiger partial charge in [0.15, 0.2) is 0 Å². The molecule has 5 nitrogen and oxygen atoms in total. The van der Waals surface area contributed by atoms with E-state index in [1.165, 1.54) is 10.5 Å². The van der Waals surface area contributed by atoms with Crippen LogP contribution in [0.15, 0.2) is 36.4 Å². The van der Waals surface area contributed by atoms with E-state index in [1.54, 1.807) is 0 Å². The molecule has 2 fully saturated rings. The summed E-state index contributed by atoms with van der Waals surface area (Å²) >= 11 is 0. The van der Waals surface area contributed by atoms with Gasteiger partial charge in [-0.05, 0) is 37.7 Å². The molecule has 0 atom stereocenters. The molecule has 1 aromatic rings. The third kappa shape index (κ3) is 4.14. The summed E-state index contributed by atoms with van der Waals surface area (Å²) in [5.74, 6) is 0.530. The Morgan fingerprint density at radius 2 is 1.79 bits per heavy atom. The van der Waals surface area contributed by atoms with Gasteiger partial charge in [0.1, 0.15) is 5.54 Å². The van der Waals surface area contributed by atoms with Crippen LogP contribution in [0.3, 0.4) is 0 Å². The number of benzene rings is 1. The van der Waals surface area contributed by atoms with E-state index in [2.05, 4.69) is 43.0 Å². The highest BCUT2D eigenvalue weighted by atomic mass is 16.2. The molecule has 1 spiro atoms. The molecule has 0 aliphatic carbocycles. The predicted molar refractivity (Wildman–Crippen MR) is 113 cm³/mol. The number of likely N-dealkylation sites (tertiary alicyclic amines) is 1. The van der Waals surface area contributed by atoms with E-state index in [1.807, 2.05) is 30.0 Å². The van der Waals surface area contributed by atoms with E-state index in [-0.39, 0.29) is 11.9 Å². The largest absolute Gasteiger partial charge is 0.327 e. The zero-order valence-corrected chi connectivity index (χ0v) is 17.4. The van der Waals surface area contributed by atoms with Crippen molar-refractivity contribution in [2.75, 3.05) is 32.7 Å². The monoisotopic (exact) mass is 383 g/mol. The van der Waals surface area contributed by atoms with Crippen LogP contribution in [-0.2, 0) is 4.79 Å². The minimum atomic E-state index is -0.623. The lowest BCUT2D eigenvalue weighted by molar-refractivity contribution is -0.135. The van der Waals surface area contributed by atoms with Crippen molar-refractivity contribution in [1.82, 2.24) is 14.7 Å². The number of imide groups is 1. The van der Waals surface area contributed by atoms with Gasteiger partial charge < -0.3 is 4.90 Å². The number of rotatable bonds is 7. The van der Waals surface area contributed by atoms with Crippen LogP contribution >= 0.6 is 0 Å². The average molecular weight is 384 g/mol. The van der Waals surface area contributed by atoms with Gasteiger partial charge in [0, 0.05) is 32.7 Å². The van der Waals surface area contributed by atoms with Crippen molar-refractivity contribution >= 4 is 18.0 Å². The van der Waals surface area contributed by atoms with Gasteiger partial charge in [-0.3, -0.25) is 14.6 Å². The maximum atomic E-state index is 13.1. The molecule has 3 amide bonds. The second-order valence-corrected chi connectivity index (χ2v) is 8.31. The first-order valence-electron chi connectivity index (χ1n) is 10.6. The van der Waals surface area contributed by atoms with Crippen LogP contribution in [0.25, 0.3) is 6.08 Å². The third-order valence-corrected chi connectivity index (χ3v) is 6.02. The molecule has 2 aliphatic rings. The van der Waals surface area contributed by atoms with E-state index < -0.39 is 5.54 Å². The second kappa shape index (κ2) is 8.91. The van der Waals surface area contributed by atoms with Gasteiger partial charge in [-0.15, -0.1) is 0 Å². The lowest BCUT2D eigenvalue weighted by Crippen LogP contribution is -2.56. The van der Waals surface area contributed by atoms with Gasteiger partial charge in [-0.25, -0.2) is 4.79 Å². The second-order valence-electron chi connectivity index (χ2n) is 8.31. The van der Waals surface area contributed by atoms with Crippen molar-refractivity contribution in [1.29, 1.82) is 0 Å². The molecule has 0 N–H and O–H groups in total. The molecule has 3 rings (SSSR count). The molecule has 1 aromatic carbocycles. The van der Waals surface area contributed by atoms with E-state index in [0.717, 1.165) is 38.9 Å². The molecule has 0 bridgehead atoms. The molecule has 0 saturated carbocycles. The summed E-state index contributed by atoms with van der Waals surface area (Å²) < 4.78 is 0. The Labute approximate surface area is 169 Å². The molecule has 2 heterocycles. The summed E-state index contributed by atoms with van der Waals surface area (Å²) in [7, 11) is 0. The number of nitrogens with zero attached hydrogens (tertiary/aromatic N) is 3. The fraction of sp³-hybridized carbons (Fsp3) is 0.565. The van der Waals surface area contributed by atoms with Gasteiger partial charge >= 0.3 is 6.03 Å². The van der Waals surface area contributed by atoms with Crippen molar-refractivity contribution in [3.05, 3.63) is 42.0 Å². The average Bonchev–Trinajstić information content (AvgIpc) is 2.88. The summed E-state index contributed by atoms with van der Waals surface area (Å²) in [5, 5.41) is 0. The SMILES string of the molecule is CCN1C(=O)N(CCC(C)C)C2(CCN(CC=Cc3ccccc3)CC2)C1=O. The highest BCUT2D eigenvalue weighted by molar-refractivity contribution is 6.07. The zero-order valence-electron chi connectivity index (χ0n) is 17.4. The quantitative estimate of drug-likeness (QED) is 0.672. The van der Waals surface area contributed by atoms with Crippen LogP contribution in [0.5, 0.6) is 0 Å². The lowest BCUT2D eigenvalue weighted by Gasteiger charge is -2.42. The lowest BCUT2D eigenvalue weighted by atomic mass is 9.85. The molecule has 28 heavy (non-hydrogen) atoms. The molecular formula is C23H33N3O2. The number of carbonyl (C=O) groups excluding carboxylic acids is 2. The predicted octanol–water partition coefficient (Wildman–Crippen LogP) is 3.86. The molecular weight excluding hydrogens is 350 g/mol. The Morgan fingerprint density at radius 1 is 1.11 bits per heavy atom. The number of amides is 3. The molecule has 2 aliphatic heterocycles. The molecule has 0 aromatic heterocycles. The number of hydrogen-bond acceptors (Lipinski definition) is 3. The highest BCUT2D eigenvalue weighted by Gasteiger charge is 2.57. The van der Waals surface area contributed by atoms with Crippen LogP contribution in [-0.4, -0.2) is 64.9 Å². The number of urea groups is 1. The Balaban J connectivity index is 1.64. The minimum absolute atomic E-state index is 0.0169. The first-order valence-corrected chi connectivity index (χ1v) is 10.6. The van der Waals surface area contributed by atoms with Crippen LogP contribution in [0.4, 0.5) is 4.79 Å². The summed E-state index contributed by atoms with van der Waals surface area (Å²) in [4.78, 5) is 31.7. The van der Waals surface area contributed by atoms with Gasteiger partial charge in [0.25, 0.3) is 5.91 Å². The maximum absolute atomic E-state index is 13.1. The maximum Gasteiger partial charge on any atom is 0.327 e. The topological polar surface area (TPSA) is 43.9 Å². The van der Waals surface area contributed by atoms with E-state index in [4.69, 9.17) is 0 Å². The van der Waals surface area contributed by atoms with Gasteiger partial charge in [-0.1, -0.05) is 56.3 Å². The normalized spacial score (nSPS) is 20.3. The number of hydrogen-bond donors (Lipinski definition) is 0. The first-order chi connectivity index (χ1) is 13.5. The molecule has 0 unspecified atom stereocenters. The first kappa shape index (κ1) is 20.6. The fourth-order valence-corrected chi connectivity index (χ4v) is 4.25. The third-order valence-electron chi connectivity index (χ3n) is 6.02. The van der Waals surface area contributed by atoms with Gasteiger partial charge in [-0.2, -0.15) is 0 Å². The standard InChI is InChI=1S/C23H33N3O2/c1-4-25-21(27)23(26(22(25)28)16-12-19(2)3)13-17-24(18-14-23)15-8-11-20-9-6-5-7-10-20/h5-11,19H,4,12-18H2,1-3H3. The fourth-order valence-electron chi connectivity index (χ4n) is 4.25. The minimum Gasteiger partial charge on any atom is -0.309 e. The Kier molecular flexibility index (Phi) is 6.55. The van der Waals surface area contributed by atoms with E-state index in [0.29, 0.717) is 19.0 Å². The van der Waals surface area contributed by atoms with Crippen molar-refractivity contribution in [3.63, 3.8) is 0 Å². The van der Waals surface area contributed by atoms with Crippen molar-refractivity contribution in [2.24, 2.45) is 5.92 Å². The van der Waals surface area contributed by atoms with Gasteiger partial charge in [0.2, 0.25) is 0 Å². The zero-order chi connectivity index (χ0) is 20.1. The number of carbonyl (C=O) groups is 2. The summed E-state index contributed by atoms with van der Waals surface area (Å²) in [6.07, 6.45) is 6.71. The van der Waals surface area contributed by atoms with Crippen molar-refractivity contribution < 1.29 is 9.59 Å². The number of piperidine rings is 1. The van der Waals surface area contributed by atoms with Crippen LogP contribution in [0.1, 0.15) is 45.6 Å². The number of likely N-dealkylation sites (N-methyl/N-ethyl adjacent to an activating group) is 1. The Bertz CT molecular complexity index is 706. The van der Waals surface area contributed by atoms with E-state index >= 15 is 0 Å². The van der Waals surface area contributed by atoms with Crippen molar-refractivity contribution in [2.45, 2.75) is 45.6 Å². The molecule has 152 valence electrons. The van der Waals surface area contributed by atoms with Crippen LogP contribution in [0.2, 0.25) is 0 Å². The van der Waals surface area contributed by atoms with Crippen LogP contribution in [0, 0.1) is 5.92 Å². The molecule has 2 saturated heterocycles. The smallest absolute Gasteiger partial charge is 0.309 e.